The topological polar surface area (TPSA) is 0 Å². The predicted octanol–water partition coefficient (Wildman–Crippen LogP) is 18.9. The van der Waals surface area contributed by atoms with Gasteiger partial charge in [-0.2, -0.15) is 0 Å². The summed E-state index contributed by atoms with van der Waals surface area (Å²) in [5.74, 6) is 0. The zero-order valence-corrected chi connectivity index (χ0v) is 36.4. The Bertz CT molecular complexity index is 28.5. The van der Waals surface area contributed by atoms with E-state index in [2.05, 4.69) is 125 Å². The lowest BCUT2D eigenvalue weighted by atomic mass is 10.6. The summed E-state index contributed by atoms with van der Waals surface area (Å²) in [6.45, 7) is 62.2. The van der Waals surface area contributed by atoms with E-state index in [0.717, 1.165) is 0 Å². The maximum Gasteiger partial charge on any atom is -0.0590 e. The van der Waals surface area contributed by atoms with Crippen molar-refractivity contribution in [3.05, 3.63) is 0 Å². The van der Waals surface area contributed by atoms with Gasteiger partial charge in [0.1, 0.15) is 0 Å². The van der Waals surface area contributed by atoms with Gasteiger partial charge < -0.3 is 0 Å². The first-order valence-electron chi connectivity index (χ1n) is 18.7. The molecule has 0 saturated heterocycles. The smallest absolute Gasteiger partial charge is 0.0590 e. The molecule has 0 atom stereocenters. The van der Waals surface area contributed by atoms with Crippen LogP contribution >= 0.6 is 0 Å². The molecule has 0 nitrogen and oxygen atoms in total. The van der Waals surface area contributed by atoms with Crippen LogP contribution < -0.4 is 0 Å². The molecule has 39 heavy (non-hydrogen) atoms. The molecule has 0 aromatic heterocycles. The summed E-state index contributed by atoms with van der Waals surface area (Å²) < 4.78 is 0. The van der Waals surface area contributed by atoms with Gasteiger partial charge in [0, 0.05) is 0 Å². The molecule has 264 valence electrons. The largest absolute Gasteiger partial charge is 0.0683 e. The lowest BCUT2D eigenvalue weighted by Crippen LogP contribution is -1.27. The average Bonchev–Trinajstić information content (AvgIpc) is 2.95. The van der Waals surface area contributed by atoms with Gasteiger partial charge in [-0.25, -0.2) is 0 Å². The molecular weight excluding hydrogens is 468 g/mol. The summed E-state index contributed by atoms with van der Waals surface area (Å²) in [5, 5.41) is 0. The van der Waals surface area contributed by atoms with Gasteiger partial charge in [-0.15, -0.1) is 0 Å². The third-order valence-corrected chi connectivity index (χ3v) is 0. The quantitative estimate of drug-likeness (QED) is 0.269. The second-order valence-electron chi connectivity index (χ2n) is 6.36. The van der Waals surface area contributed by atoms with Gasteiger partial charge >= 0.3 is 0 Å². The highest BCUT2D eigenvalue weighted by atomic mass is 13.4. The molecule has 0 aliphatic heterocycles. The van der Waals surface area contributed by atoms with Gasteiger partial charge in [0.2, 0.25) is 0 Å². The Morgan fingerprint density at radius 3 is 0.128 bits per heavy atom. The second kappa shape index (κ2) is 642. The minimum Gasteiger partial charge on any atom is -0.0683 e. The molecule has 0 amide bonds. The minimum absolute atomic E-state index is 1.25. The first-order chi connectivity index (χ1) is 18.7. The Balaban J connectivity index is -0.0000000122. The lowest BCUT2D eigenvalue weighted by Gasteiger charge is -1.48. The Hall–Kier alpha value is 0. The van der Waals surface area contributed by atoms with Gasteiger partial charge in [0.15, 0.2) is 0 Å². The molecule has 0 heterocycles. The standard InChI is InChI=1S/9C3H8.6C2H6/c9*1-3-2;6*1-2/h9*3H2,1-2H3;6*1-2H3. The molecule has 0 radical (unpaired) electrons. The van der Waals surface area contributed by atoms with Gasteiger partial charge in [-0.1, -0.05) is 265 Å². The van der Waals surface area contributed by atoms with E-state index in [-0.39, 0.29) is 0 Å². The predicted molar refractivity (Wildman–Crippen MR) is 212 cm³/mol. The zero-order chi connectivity index (χ0) is 36.4. The van der Waals surface area contributed by atoms with E-state index in [9.17, 15) is 0 Å². The molecule has 0 spiro atoms. The van der Waals surface area contributed by atoms with Crippen LogP contribution in [0.5, 0.6) is 0 Å². The number of rotatable bonds is 0. The van der Waals surface area contributed by atoms with Gasteiger partial charge in [0.25, 0.3) is 0 Å². The van der Waals surface area contributed by atoms with Gasteiger partial charge in [-0.05, 0) is 0 Å². The molecule has 0 aromatic carbocycles. The van der Waals surface area contributed by atoms with Crippen molar-refractivity contribution >= 4 is 0 Å². The van der Waals surface area contributed by atoms with Crippen LogP contribution in [0.25, 0.3) is 0 Å². The van der Waals surface area contributed by atoms with Crippen LogP contribution in [0, 0.1) is 0 Å². The van der Waals surface area contributed by atoms with Crippen molar-refractivity contribution in [1.82, 2.24) is 0 Å². The maximum atomic E-state index is 2.12. The summed E-state index contributed by atoms with van der Waals surface area (Å²) in [4.78, 5) is 0. The van der Waals surface area contributed by atoms with Crippen molar-refractivity contribution in [2.45, 2.75) is 265 Å². The fourth-order valence-corrected chi connectivity index (χ4v) is 0. The molecule has 0 aliphatic rings. The molecule has 0 saturated carbocycles. The highest BCUT2D eigenvalue weighted by molar-refractivity contribution is 3.94. The first-order valence-corrected chi connectivity index (χ1v) is 18.7. The van der Waals surface area contributed by atoms with Crippen molar-refractivity contribution in [2.24, 2.45) is 0 Å². The minimum atomic E-state index is 1.25. The molecular formula is C39H108. The Labute approximate surface area is 265 Å². The van der Waals surface area contributed by atoms with Crippen molar-refractivity contribution in [3.63, 3.8) is 0 Å². The van der Waals surface area contributed by atoms with Crippen molar-refractivity contribution in [1.29, 1.82) is 0 Å². The summed E-state index contributed by atoms with van der Waals surface area (Å²) in [6.07, 6.45) is 11.2. The molecule has 0 N–H and O–H groups in total. The Kier molecular flexibility index (Phi) is 1610. The summed E-state index contributed by atoms with van der Waals surface area (Å²) >= 11 is 0. The Morgan fingerprint density at radius 1 is 0.128 bits per heavy atom. The van der Waals surface area contributed by atoms with Crippen LogP contribution in [0.3, 0.4) is 0 Å². The first kappa shape index (κ1) is 97.8. The SMILES string of the molecule is CC.CC.CC.CC.CC.CC.CCC.CCC.CCC.CCC.CCC.CCC.CCC.CCC.CCC. The molecule has 0 bridgehead atoms. The molecule has 0 aromatic rings. The number of hydrogen-bond acceptors (Lipinski definition) is 0. The number of hydrogen-bond donors (Lipinski definition) is 0. The van der Waals surface area contributed by atoms with Crippen LogP contribution in [0.4, 0.5) is 0 Å². The van der Waals surface area contributed by atoms with E-state index in [0.29, 0.717) is 0 Å². The lowest BCUT2D eigenvalue weighted by molar-refractivity contribution is 1.09. The van der Waals surface area contributed by atoms with E-state index in [4.69, 9.17) is 0 Å². The van der Waals surface area contributed by atoms with Crippen molar-refractivity contribution < 1.29 is 0 Å². The van der Waals surface area contributed by atoms with Gasteiger partial charge in [0.05, 0.1) is 0 Å². The van der Waals surface area contributed by atoms with Crippen LogP contribution in [0.15, 0.2) is 0 Å². The third-order valence-electron chi connectivity index (χ3n) is 0. The fraction of sp³-hybridized carbons (Fsp3) is 1.00. The monoisotopic (exact) mass is 577 g/mol. The average molecular weight is 577 g/mol. The molecule has 0 heteroatoms. The third kappa shape index (κ3) is 0. The van der Waals surface area contributed by atoms with Crippen LogP contribution in [0.1, 0.15) is 265 Å². The highest BCUT2D eigenvalue weighted by Crippen LogP contribution is 1.58. The van der Waals surface area contributed by atoms with E-state index in [1.54, 1.807) is 0 Å². The van der Waals surface area contributed by atoms with Crippen LogP contribution in [-0.4, -0.2) is 0 Å². The van der Waals surface area contributed by atoms with Crippen LogP contribution in [0.2, 0.25) is 0 Å². The summed E-state index contributed by atoms with van der Waals surface area (Å²) in [7, 11) is 0. The molecule has 0 fully saturated rings. The van der Waals surface area contributed by atoms with Gasteiger partial charge in [-0.3, -0.25) is 0 Å². The van der Waals surface area contributed by atoms with Crippen molar-refractivity contribution in [2.75, 3.05) is 0 Å². The summed E-state index contributed by atoms with van der Waals surface area (Å²) in [5.41, 5.74) is 0. The van der Waals surface area contributed by atoms with E-state index in [1.165, 1.54) is 57.8 Å². The molecule has 0 unspecified atom stereocenters. The van der Waals surface area contributed by atoms with E-state index >= 15 is 0 Å². The molecule has 0 rings (SSSR count). The molecule has 0 aliphatic carbocycles. The second-order valence-corrected chi connectivity index (χ2v) is 6.36. The maximum absolute atomic E-state index is 2.12. The van der Waals surface area contributed by atoms with E-state index in [1.807, 2.05) is 83.1 Å². The fourth-order valence-electron chi connectivity index (χ4n) is 0. The Morgan fingerprint density at radius 2 is 0.128 bits per heavy atom. The zero-order valence-electron chi connectivity index (χ0n) is 36.4. The normalized spacial score (nSPS) is 5.08. The van der Waals surface area contributed by atoms with Crippen LogP contribution in [-0.2, 0) is 0 Å². The van der Waals surface area contributed by atoms with E-state index < -0.39 is 0 Å². The summed E-state index contributed by atoms with van der Waals surface area (Å²) in [6, 6.07) is 0. The highest BCUT2D eigenvalue weighted by Gasteiger charge is 1.38. The van der Waals surface area contributed by atoms with Crippen molar-refractivity contribution in [3.8, 4) is 0 Å².